The summed E-state index contributed by atoms with van der Waals surface area (Å²) >= 11 is 0. The van der Waals surface area contributed by atoms with Gasteiger partial charge in [-0.3, -0.25) is 9.28 Å². The summed E-state index contributed by atoms with van der Waals surface area (Å²) in [6.07, 6.45) is 22.0. The molecule has 5 nitrogen and oxygen atoms in total. The Morgan fingerprint density at radius 2 is 1.63 bits per heavy atom. The molecule has 164 valence electrons. The lowest BCUT2D eigenvalue weighted by Crippen LogP contribution is -2.52. The SMILES string of the molecule is C#CC[N+](CC#C)(CC#C)CCNC(=O)CCC(CCCCCC)OC(=O)C(=C)C. The Bertz CT molecular complexity index is 635. The molecule has 0 fully saturated rings. The van der Waals surface area contributed by atoms with Gasteiger partial charge in [0.2, 0.25) is 5.91 Å². The summed E-state index contributed by atoms with van der Waals surface area (Å²) in [5.41, 5.74) is 0.364. The van der Waals surface area contributed by atoms with Crippen molar-refractivity contribution in [1.29, 1.82) is 0 Å². The molecule has 1 atom stereocenters. The van der Waals surface area contributed by atoms with E-state index in [0.717, 1.165) is 32.1 Å². The lowest BCUT2D eigenvalue weighted by Gasteiger charge is -2.33. The summed E-state index contributed by atoms with van der Waals surface area (Å²) in [6.45, 7) is 9.64. The van der Waals surface area contributed by atoms with E-state index in [1.807, 2.05) is 0 Å². The van der Waals surface area contributed by atoms with Crippen LogP contribution in [0.3, 0.4) is 0 Å². The quantitative estimate of drug-likeness (QED) is 0.139. The number of nitrogens with zero attached hydrogens (tertiary/aromatic N) is 1. The molecule has 1 unspecified atom stereocenters. The molecule has 0 spiro atoms. The minimum Gasteiger partial charge on any atom is -0.459 e. The van der Waals surface area contributed by atoms with Crippen LogP contribution in [0, 0.1) is 37.0 Å². The molecule has 5 heteroatoms. The molecule has 0 bridgehead atoms. The predicted molar refractivity (Wildman–Crippen MR) is 122 cm³/mol. The standard InChI is InChI=1S/C25H36N2O3/c1-7-11-12-13-14-23(30-25(29)22(5)6)15-16-24(28)26-17-21-27(18-8-2,19-9-3)20-10-4/h2-4,23H,5,7,11-21H2,1,6H3/p+1. The summed E-state index contributed by atoms with van der Waals surface area (Å²) in [5.74, 6) is 7.37. The molecule has 0 heterocycles. The second-order valence-corrected chi connectivity index (χ2v) is 7.70. The Kier molecular flexibility index (Phi) is 14.7. The fraction of sp³-hybridized carbons (Fsp3) is 0.600. The highest BCUT2D eigenvalue weighted by atomic mass is 16.5. The Balaban J connectivity index is 4.62. The van der Waals surface area contributed by atoms with Gasteiger partial charge >= 0.3 is 5.97 Å². The van der Waals surface area contributed by atoms with Gasteiger partial charge in [-0.1, -0.05) is 32.8 Å². The molecular formula is C25H37N2O3+. The van der Waals surface area contributed by atoms with E-state index >= 15 is 0 Å². The van der Waals surface area contributed by atoms with Gasteiger partial charge in [-0.2, -0.15) is 0 Å². The van der Waals surface area contributed by atoms with Gasteiger partial charge in [0.05, 0.1) is 13.1 Å². The van der Waals surface area contributed by atoms with Crippen LogP contribution in [0.15, 0.2) is 12.2 Å². The third-order valence-corrected chi connectivity index (χ3v) is 4.88. The molecule has 1 N–H and O–H groups in total. The van der Waals surface area contributed by atoms with Crippen molar-refractivity contribution in [2.75, 3.05) is 32.7 Å². The number of nitrogens with one attached hydrogen (secondary N) is 1. The first-order chi connectivity index (χ1) is 14.3. The van der Waals surface area contributed by atoms with Gasteiger partial charge in [0, 0.05) is 12.0 Å². The van der Waals surface area contributed by atoms with Crippen LogP contribution in [0.5, 0.6) is 0 Å². The highest BCUT2D eigenvalue weighted by molar-refractivity contribution is 5.87. The average Bonchev–Trinajstić information content (AvgIpc) is 2.69. The van der Waals surface area contributed by atoms with Crippen LogP contribution in [-0.2, 0) is 14.3 Å². The highest BCUT2D eigenvalue weighted by Crippen LogP contribution is 2.15. The number of carbonyl (C=O) groups excluding carboxylic acids is 2. The summed E-state index contributed by atoms with van der Waals surface area (Å²) in [4.78, 5) is 24.2. The summed E-state index contributed by atoms with van der Waals surface area (Å²) in [6, 6.07) is 0. The smallest absolute Gasteiger partial charge is 0.333 e. The zero-order valence-electron chi connectivity index (χ0n) is 18.7. The van der Waals surface area contributed by atoms with Crippen LogP contribution in [0.25, 0.3) is 0 Å². The third kappa shape index (κ3) is 12.0. The lowest BCUT2D eigenvalue weighted by atomic mass is 10.0. The number of quaternary nitrogens is 1. The van der Waals surface area contributed by atoms with Crippen LogP contribution >= 0.6 is 0 Å². The van der Waals surface area contributed by atoms with Crippen LogP contribution in [0.1, 0.15) is 58.8 Å². The number of unbranched alkanes of at least 4 members (excludes halogenated alkanes) is 3. The van der Waals surface area contributed by atoms with Gasteiger partial charge in [-0.15, -0.1) is 19.3 Å². The molecule has 0 aromatic rings. The van der Waals surface area contributed by atoms with Gasteiger partial charge in [0.25, 0.3) is 0 Å². The molecule has 0 aromatic carbocycles. The topological polar surface area (TPSA) is 55.4 Å². The van der Waals surface area contributed by atoms with E-state index < -0.39 is 5.97 Å². The summed E-state index contributed by atoms with van der Waals surface area (Å²) in [5, 5.41) is 2.90. The monoisotopic (exact) mass is 413 g/mol. The maximum Gasteiger partial charge on any atom is 0.333 e. The van der Waals surface area contributed by atoms with Gasteiger partial charge < -0.3 is 10.1 Å². The molecule has 0 rings (SSSR count). The molecule has 0 saturated heterocycles. The minimum absolute atomic E-state index is 0.0971. The van der Waals surface area contributed by atoms with E-state index in [0.29, 0.717) is 49.2 Å². The average molecular weight is 414 g/mol. The van der Waals surface area contributed by atoms with Crippen molar-refractivity contribution in [3.63, 3.8) is 0 Å². The van der Waals surface area contributed by atoms with Crippen molar-refractivity contribution >= 4 is 11.9 Å². The molecule has 0 aliphatic heterocycles. The molecule has 30 heavy (non-hydrogen) atoms. The Hall–Kier alpha value is -2.68. The fourth-order valence-corrected chi connectivity index (χ4v) is 3.11. The van der Waals surface area contributed by atoms with Crippen molar-refractivity contribution in [3.8, 4) is 37.0 Å². The van der Waals surface area contributed by atoms with E-state index in [1.165, 1.54) is 0 Å². The zero-order chi connectivity index (χ0) is 22.8. The first-order valence-electron chi connectivity index (χ1n) is 10.6. The number of amides is 1. The van der Waals surface area contributed by atoms with Crippen molar-refractivity contribution in [2.45, 2.75) is 64.9 Å². The fourth-order valence-electron chi connectivity index (χ4n) is 3.11. The van der Waals surface area contributed by atoms with Crippen LogP contribution < -0.4 is 5.32 Å². The largest absolute Gasteiger partial charge is 0.459 e. The first-order valence-corrected chi connectivity index (χ1v) is 10.6. The Morgan fingerprint density at radius 1 is 1.03 bits per heavy atom. The number of hydrogen-bond acceptors (Lipinski definition) is 3. The van der Waals surface area contributed by atoms with Gasteiger partial charge in [0.1, 0.15) is 25.7 Å². The van der Waals surface area contributed by atoms with E-state index in [2.05, 4.69) is 36.6 Å². The molecule has 0 radical (unpaired) electrons. The summed E-state index contributed by atoms with van der Waals surface area (Å²) < 4.78 is 5.90. The van der Waals surface area contributed by atoms with Crippen LogP contribution in [0.4, 0.5) is 0 Å². The number of hydrogen-bond donors (Lipinski definition) is 1. The Morgan fingerprint density at radius 3 is 2.13 bits per heavy atom. The Labute approximate surface area is 183 Å². The normalized spacial score (nSPS) is 11.4. The van der Waals surface area contributed by atoms with Crippen molar-refractivity contribution < 1.29 is 18.8 Å². The number of carbonyl (C=O) groups is 2. The maximum atomic E-state index is 12.3. The van der Waals surface area contributed by atoms with Gasteiger partial charge in [-0.05, 0) is 43.9 Å². The van der Waals surface area contributed by atoms with E-state index in [1.54, 1.807) is 6.92 Å². The number of ether oxygens (including phenoxy) is 1. The van der Waals surface area contributed by atoms with E-state index in [-0.39, 0.29) is 18.4 Å². The number of rotatable bonds is 16. The van der Waals surface area contributed by atoms with Gasteiger partial charge in [0.15, 0.2) is 0 Å². The molecule has 0 aliphatic carbocycles. The van der Waals surface area contributed by atoms with Crippen molar-refractivity contribution in [1.82, 2.24) is 5.32 Å². The molecular weight excluding hydrogens is 376 g/mol. The molecule has 0 aromatic heterocycles. The van der Waals surface area contributed by atoms with Crippen LogP contribution in [-0.4, -0.2) is 55.2 Å². The number of terminal acetylenes is 3. The number of esters is 1. The van der Waals surface area contributed by atoms with Crippen LogP contribution in [0.2, 0.25) is 0 Å². The van der Waals surface area contributed by atoms with Gasteiger partial charge in [-0.25, -0.2) is 4.79 Å². The van der Waals surface area contributed by atoms with E-state index in [9.17, 15) is 9.59 Å². The second kappa shape index (κ2) is 16.2. The molecule has 1 amide bonds. The van der Waals surface area contributed by atoms with Crippen molar-refractivity contribution in [3.05, 3.63) is 12.2 Å². The van der Waals surface area contributed by atoms with Crippen molar-refractivity contribution in [2.24, 2.45) is 0 Å². The predicted octanol–water partition coefficient (Wildman–Crippen LogP) is 3.06. The second-order valence-electron chi connectivity index (χ2n) is 7.70. The van der Waals surface area contributed by atoms with E-state index in [4.69, 9.17) is 24.0 Å². The first kappa shape index (κ1) is 27.3. The summed E-state index contributed by atoms with van der Waals surface area (Å²) in [7, 11) is 0. The molecule has 0 saturated carbocycles. The highest BCUT2D eigenvalue weighted by Gasteiger charge is 2.24. The maximum absolute atomic E-state index is 12.3. The molecule has 0 aliphatic rings. The zero-order valence-corrected chi connectivity index (χ0v) is 18.7. The lowest BCUT2D eigenvalue weighted by molar-refractivity contribution is -0.906. The third-order valence-electron chi connectivity index (χ3n) is 4.88. The minimum atomic E-state index is -0.407.